The Balaban J connectivity index is 1.67. The molecule has 0 unspecified atom stereocenters. The van der Waals surface area contributed by atoms with Crippen molar-refractivity contribution in [3.63, 3.8) is 0 Å². The number of amides is 1. The Morgan fingerprint density at radius 1 is 1.14 bits per heavy atom. The molecule has 0 radical (unpaired) electrons. The lowest BCUT2D eigenvalue weighted by Crippen LogP contribution is -2.07. The highest BCUT2D eigenvalue weighted by Gasteiger charge is 2.11. The van der Waals surface area contributed by atoms with Crippen molar-refractivity contribution in [3.05, 3.63) is 64.7 Å². The predicted octanol–water partition coefficient (Wildman–Crippen LogP) is 3.89. The van der Waals surface area contributed by atoms with Crippen molar-refractivity contribution in [2.45, 2.75) is 20.3 Å². The zero-order valence-electron chi connectivity index (χ0n) is 12.8. The number of nitrogens with one attached hydrogen (secondary N) is 1. The molecule has 0 atom stereocenters. The summed E-state index contributed by atoms with van der Waals surface area (Å²) in [7, 11) is 0. The number of fused-ring (bicyclic) bond motifs is 1. The standard InChI is InChI=1S/C19H19NO2/c1-13-3-6-17(11-14(13)2)20-19(21)8-5-15-4-7-18-16(12-15)9-10-22-18/h3-8,11-12H,9-10H2,1-2H3,(H,20,21). The fraction of sp³-hybridized carbons (Fsp3) is 0.211. The number of ether oxygens (including phenoxy) is 1. The zero-order valence-corrected chi connectivity index (χ0v) is 12.8. The molecule has 1 N–H and O–H groups in total. The van der Waals surface area contributed by atoms with Gasteiger partial charge in [0.2, 0.25) is 5.91 Å². The van der Waals surface area contributed by atoms with Gasteiger partial charge in [0.1, 0.15) is 5.75 Å². The summed E-state index contributed by atoms with van der Waals surface area (Å²) in [6, 6.07) is 11.9. The molecular formula is C19H19NO2. The monoisotopic (exact) mass is 293 g/mol. The molecule has 1 heterocycles. The van der Waals surface area contributed by atoms with E-state index in [0.29, 0.717) is 0 Å². The van der Waals surface area contributed by atoms with E-state index in [1.807, 2.05) is 43.3 Å². The minimum atomic E-state index is -0.125. The Bertz CT molecular complexity index is 747. The summed E-state index contributed by atoms with van der Waals surface area (Å²) in [5, 5.41) is 2.88. The molecule has 0 bridgehead atoms. The van der Waals surface area contributed by atoms with E-state index in [9.17, 15) is 4.79 Å². The number of rotatable bonds is 3. The van der Waals surface area contributed by atoms with Crippen LogP contribution in [0.1, 0.15) is 22.3 Å². The summed E-state index contributed by atoms with van der Waals surface area (Å²) in [6.45, 7) is 4.83. The van der Waals surface area contributed by atoms with Gasteiger partial charge in [-0.3, -0.25) is 4.79 Å². The van der Waals surface area contributed by atoms with Crippen LogP contribution in [0, 0.1) is 13.8 Å². The average Bonchev–Trinajstić information content (AvgIpc) is 2.96. The smallest absolute Gasteiger partial charge is 0.248 e. The molecule has 2 aromatic rings. The quantitative estimate of drug-likeness (QED) is 0.872. The molecule has 3 heteroatoms. The van der Waals surface area contributed by atoms with Crippen LogP contribution >= 0.6 is 0 Å². The lowest BCUT2D eigenvalue weighted by atomic mass is 10.1. The van der Waals surface area contributed by atoms with E-state index in [0.717, 1.165) is 30.0 Å². The lowest BCUT2D eigenvalue weighted by Gasteiger charge is -2.05. The Kier molecular flexibility index (Phi) is 3.96. The van der Waals surface area contributed by atoms with Gasteiger partial charge in [0, 0.05) is 18.2 Å². The van der Waals surface area contributed by atoms with Crippen molar-refractivity contribution in [1.82, 2.24) is 0 Å². The van der Waals surface area contributed by atoms with Gasteiger partial charge in [0.05, 0.1) is 6.61 Å². The first-order valence-electron chi connectivity index (χ1n) is 7.44. The summed E-state index contributed by atoms with van der Waals surface area (Å²) in [6.07, 6.45) is 4.33. The Morgan fingerprint density at radius 2 is 2.00 bits per heavy atom. The van der Waals surface area contributed by atoms with Crippen LogP contribution in [0.15, 0.2) is 42.5 Å². The number of hydrogen-bond acceptors (Lipinski definition) is 2. The van der Waals surface area contributed by atoms with Crippen LogP contribution < -0.4 is 10.1 Å². The van der Waals surface area contributed by atoms with Crippen LogP contribution in [0.5, 0.6) is 5.75 Å². The van der Waals surface area contributed by atoms with Crippen LogP contribution in [-0.2, 0) is 11.2 Å². The first-order valence-corrected chi connectivity index (χ1v) is 7.44. The van der Waals surface area contributed by atoms with Gasteiger partial charge in [-0.1, -0.05) is 12.1 Å². The van der Waals surface area contributed by atoms with Gasteiger partial charge >= 0.3 is 0 Å². The SMILES string of the molecule is Cc1ccc(NC(=O)C=Cc2ccc3c(c2)CCO3)cc1C. The topological polar surface area (TPSA) is 38.3 Å². The highest BCUT2D eigenvalue weighted by molar-refractivity contribution is 6.02. The van der Waals surface area contributed by atoms with E-state index >= 15 is 0 Å². The van der Waals surface area contributed by atoms with Crippen LogP contribution in [0.3, 0.4) is 0 Å². The summed E-state index contributed by atoms with van der Waals surface area (Å²) >= 11 is 0. The molecule has 0 aliphatic carbocycles. The third-order valence-corrected chi connectivity index (χ3v) is 3.92. The molecule has 3 rings (SSSR count). The van der Waals surface area contributed by atoms with Crippen molar-refractivity contribution in [2.75, 3.05) is 11.9 Å². The average molecular weight is 293 g/mol. The van der Waals surface area contributed by atoms with Crippen molar-refractivity contribution >= 4 is 17.7 Å². The van der Waals surface area contributed by atoms with Gasteiger partial charge in [-0.25, -0.2) is 0 Å². The minimum Gasteiger partial charge on any atom is -0.493 e. The molecule has 22 heavy (non-hydrogen) atoms. The summed E-state index contributed by atoms with van der Waals surface area (Å²) in [4.78, 5) is 12.0. The summed E-state index contributed by atoms with van der Waals surface area (Å²) in [5.41, 5.74) is 5.42. The molecule has 0 saturated heterocycles. The fourth-order valence-electron chi connectivity index (χ4n) is 2.49. The molecule has 0 fully saturated rings. The molecule has 1 aliphatic heterocycles. The molecule has 1 aliphatic rings. The van der Waals surface area contributed by atoms with Crippen molar-refractivity contribution in [1.29, 1.82) is 0 Å². The first-order chi connectivity index (χ1) is 10.6. The molecule has 0 saturated carbocycles. The molecule has 2 aromatic carbocycles. The fourth-order valence-corrected chi connectivity index (χ4v) is 2.49. The van der Waals surface area contributed by atoms with E-state index in [1.165, 1.54) is 16.7 Å². The van der Waals surface area contributed by atoms with E-state index < -0.39 is 0 Å². The zero-order chi connectivity index (χ0) is 15.5. The van der Waals surface area contributed by atoms with Crippen LogP contribution in [-0.4, -0.2) is 12.5 Å². The van der Waals surface area contributed by atoms with E-state index in [1.54, 1.807) is 6.08 Å². The van der Waals surface area contributed by atoms with Crippen LogP contribution in [0.4, 0.5) is 5.69 Å². The highest BCUT2D eigenvalue weighted by atomic mass is 16.5. The highest BCUT2D eigenvalue weighted by Crippen LogP contribution is 2.26. The molecule has 0 spiro atoms. The number of hydrogen-bond donors (Lipinski definition) is 1. The maximum atomic E-state index is 12.0. The van der Waals surface area contributed by atoms with E-state index in [-0.39, 0.29) is 5.91 Å². The van der Waals surface area contributed by atoms with Gasteiger partial charge in [-0.2, -0.15) is 0 Å². The third-order valence-electron chi connectivity index (χ3n) is 3.92. The second-order valence-corrected chi connectivity index (χ2v) is 5.59. The molecule has 3 nitrogen and oxygen atoms in total. The van der Waals surface area contributed by atoms with Crippen LogP contribution in [0.25, 0.3) is 6.08 Å². The number of aryl methyl sites for hydroxylation is 2. The second-order valence-electron chi connectivity index (χ2n) is 5.59. The summed E-state index contributed by atoms with van der Waals surface area (Å²) < 4.78 is 5.48. The minimum absolute atomic E-state index is 0.125. The third kappa shape index (κ3) is 3.19. The van der Waals surface area contributed by atoms with Gasteiger partial charge in [-0.15, -0.1) is 0 Å². The van der Waals surface area contributed by atoms with Crippen molar-refractivity contribution < 1.29 is 9.53 Å². The van der Waals surface area contributed by atoms with Crippen molar-refractivity contribution in [3.8, 4) is 5.75 Å². The van der Waals surface area contributed by atoms with E-state index in [4.69, 9.17) is 4.74 Å². The molecule has 1 amide bonds. The second kappa shape index (κ2) is 6.06. The predicted molar refractivity (Wildman–Crippen MR) is 89.2 cm³/mol. The summed E-state index contributed by atoms with van der Waals surface area (Å²) in [5.74, 6) is 0.830. The molecule has 112 valence electrons. The normalized spacial score (nSPS) is 13.0. The Morgan fingerprint density at radius 3 is 2.82 bits per heavy atom. The Hall–Kier alpha value is -2.55. The van der Waals surface area contributed by atoms with E-state index in [2.05, 4.69) is 18.3 Å². The van der Waals surface area contributed by atoms with Gasteiger partial charge in [0.15, 0.2) is 0 Å². The lowest BCUT2D eigenvalue weighted by molar-refractivity contribution is -0.111. The largest absolute Gasteiger partial charge is 0.493 e. The number of carbonyl (C=O) groups is 1. The maximum absolute atomic E-state index is 12.0. The molecule has 0 aromatic heterocycles. The van der Waals surface area contributed by atoms with Gasteiger partial charge in [0.25, 0.3) is 0 Å². The number of benzene rings is 2. The molecular weight excluding hydrogens is 274 g/mol. The van der Waals surface area contributed by atoms with Gasteiger partial charge < -0.3 is 10.1 Å². The first kappa shape index (κ1) is 14.4. The Labute approximate surface area is 130 Å². The number of carbonyl (C=O) groups excluding carboxylic acids is 1. The van der Waals surface area contributed by atoms with Crippen LogP contribution in [0.2, 0.25) is 0 Å². The number of anilines is 1. The maximum Gasteiger partial charge on any atom is 0.248 e. The van der Waals surface area contributed by atoms with Gasteiger partial charge in [-0.05, 0) is 66.4 Å². The van der Waals surface area contributed by atoms with Crippen molar-refractivity contribution in [2.24, 2.45) is 0 Å².